The number of esters is 1. The number of ketones is 1. The molecule has 0 bridgehead atoms. The summed E-state index contributed by atoms with van der Waals surface area (Å²) in [4.78, 5) is 26.7. The summed E-state index contributed by atoms with van der Waals surface area (Å²) in [5.74, 6) is -0.00898. The van der Waals surface area contributed by atoms with Crippen molar-refractivity contribution < 1.29 is 19.1 Å². The lowest BCUT2D eigenvalue weighted by molar-refractivity contribution is -0.121. The predicted octanol–water partition coefficient (Wildman–Crippen LogP) is 3.96. The number of carbonyl (C=O) groups is 2. The molecule has 1 heterocycles. The van der Waals surface area contributed by atoms with Crippen LogP contribution in [0.25, 0.3) is 0 Å². The molecule has 6 nitrogen and oxygen atoms in total. The molecule has 7 heteroatoms. The van der Waals surface area contributed by atoms with Crippen LogP contribution >= 0.6 is 11.6 Å². The van der Waals surface area contributed by atoms with Crippen LogP contribution in [-0.2, 0) is 14.3 Å². The zero-order chi connectivity index (χ0) is 20.2. The number of hydrogen-bond acceptors (Lipinski definition) is 6. The Morgan fingerprint density at radius 2 is 1.96 bits per heavy atom. The first-order chi connectivity index (χ1) is 13.6. The van der Waals surface area contributed by atoms with Gasteiger partial charge < -0.3 is 9.47 Å². The third-order valence-electron chi connectivity index (χ3n) is 4.27. The average molecular weight is 405 g/mol. The number of ether oxygens (including phenoxy) is 2. The minimum Gasteiger partial charge on any atom is -0.435 e. The molecule has 3 rings (SSSR count). The maximum atomic E-state index is 11.7. The zero-order valence-electron chi connectivity index (χ0n) is 15.9. The van der Waals surface area contributed by atoms with E-state index in [2.05, 4.69) is 10.3 Å². The first-order valence-electron chi connectivity index (χ1n) is 9.20. The Morgan fingerprint density at radius 1 is 1.21 bits per heavy atom. The van der Waals surface area contributed by atoms with Gasteiger partial charge in [0.15, 0.2) is 6.79 Å². The predicted molar refractivity (Wildman–Crippen MR) is 107 cm³/mol. The molecule has 1 aliphatic rings. The number of benzene rings is 1. The summed E-state index contributed by atoms with van der Waals surface area (Å²) in [6.07, 6.45) is 6.93. The van der Waals surface area contributed by atoms with E-state index in [9.17, 15) is 9.59 Å². The summed E-state index contributed by atoms with van der Waals surface area (Å²) in [6, 6.07) is 10.8. The Hall–Kier alpha value is -2.28. The minimum absolute atomic E-state index is 0.0532. The van der Waals surface area contributed by atoms with E-state index in [1.54, 1.807) is 19.2 Å². The molecule has 1 unspecified atom stereocenters. The number of nitrogens with zero attached hydrogens (tertiary/aromatic N) is 1. The van der Waals surface area contributed by atoms with E-state index in [0.717, 1.165) is 36.3 Å². The van der Waals surface area contributed by atoms with Crippen molar-refractivity contribution in [2.75, 3.05) is 20.6 Å². The molecule has 1 saturated carbocycles. The zero-order valence-corrected chi connectivity index (χ0v) is 16.7. The lowest BCUT2D eigenvalue weighted by Crippen LogP contribution is -2.17. The highest BCUT2D eigenvalue weighted by Crippen LogP contribution is 2.33. The molecule has 28 heavy (non-hydrogen) atoms. The fourth-order valence-corrected chi connectivity index (χ4v) is 3.15. The van der Waals surface area contributed by atoms with Crippen molar-refractivity contribution in [1.82, 2.24) is 10.3 Å². The van der Waals surface area contributed by atoms with Gasteiger partial charge in [0.25, 0.3) is 0 Å². The molecule has 1 atom stereocenters. The first-order valence-corrected chi connectivity index (χ1v) is 9.58. The summed E-state index contributed by atoms with van der Waals surface area (Å²) in [5, 5.41) is 3.49. The quantitative estimate of drug-likeness (QED) is 0.446. The minimum atomic E-state index is -0.413. The van der Waals surface area contributed by atoms with Crippen LogP contribution in [0.4, 0.5) is 0 Å². The lowest BCUT2D eigenvalue weighted by atomic mass is 9.83. The fourth-order valence-electron chi connectivity index (χ4n) is 2.88. The van der Waals surface area contributed by atoms with Gasteiger partial charge in [0.2, 0.25) is 0 Å². The van der Waals surface area contributed by atoms with E-state index < -0.39 is 5.97 Å². The molecule has 0 amide bonds. The maximum absolute atomic E-state index is 11.7. The van der Waals surface area contributed by atoms with Crippen LogP contribution in [0.1, 0.15) is 47.5 Å². The second kappa shape index (κ2) is 12.2. The smallest absolute Gasteiger partial charge is 0.340 e. The van der Waals surface area contributed by atoms with Crippen LogP contribution in [0, 0.1) is 0 Å². The SMILES string of the molecule is CNCOCOC(=O)c1ccncc1.O=C1CCCCC1c1ccccc1Cl. The van der Waals surface area contributed by atoms with Crippen LogP contribution in [0.15, 0.2) is 48.8 Å². The second-order valence-electron chi connectivity index (χ2n) is 6.27. The molecule has 150 valence electrons. The number of pyridine rings is 1. The lowest BCUT2D eigenvalue weighted by Gasteiger charge is -2.21. The molecule has 1 aromatic carbocycles. The van der Waals surface area contributed by atoms with Gasteiger partial charge in [-0.05, 0) is 43.7 Å². The standard InChI is InChI=1S/C12H13ClO.C9H12N2O3/c13-11-7-3-1-5-9(11)10-6-2-4-8-12(10)14;1-10-6-13-7-14-9(12)8-2-4-11-5-3-8/h1,3,5,7,10H,2,4,6,8H2;2-5,10H,6-7H2,1H3. The highest BCUT2D eigenvalue weighted by Gasteiger charge is 2.25. The summed E-state index contributed by atoms with van der Waals surface area (Å²) in [6.45, 7) is 0.297. The molecular formula is C21H25ClN2O4. The van der Waals surface area contributed by atoms with Crippen molar-refractivity contribution in [3.8, 4) is 0 Å². The van der Waals surface area contributed by atoms with Gasteiger partial charge in [-0.2, -0.15) is 0 Å². The van der Waals surface area contributed by atoms with Gasteiger partial charge in [-0.1, -0.05) is 36.2 Å². The Morgan fingerprint density at radius 3 is 2.64 bits per heavy atom. The summed E-state index contributed by atoms with van der Waals surface area (Å²) in [7, 11) is 1.74. The monoisotopic (exact) mass is 404 g/mol. The topological polar surface area (TPSA) is 77.5 Å². The molecule has 1 aliphatic carbocycles. The summed E-state index contributed by atoms with van der Waals surface area (Å²) >= 11 is 6.07. The van der Waals surface area contributed by atoms with E-state index in [-0.39, 0.29) is 12.7 Å². The molecule has 1 aromatic heterocycles. The Balaban J connectivity index is 0.000000200. The molecule has 0 saturated heterocycles. The van der Waals surface area contributed by atoms with Gasteiger partial charge >= 0.3 is 5.97 Å². The Kier molecular flexibility index (Phi) is 9.62. The Labute approximate surface area is 170 Å². The molecule has 0 aliphatic heterocycles. The van der Waals surface area contributed by atoms with Gasteiger partial charge in [0, 0.05) is 29.8 Å². The third kappa shape index (κ3) is 7.03. The number of carbonyl (C=O) groups excluding carboxylic acids is 2. The van der Waals surface area contributed by atoms with Crippen LogP contribution in [-0.4, -0.2) is 37.3 Å². The first kappa shape index (κ1) is 22.0. The highest BCUT2D eigenvalue weighted by molar-refractivity contribution is 6.31. The van der Waals surface area contributed by atoms with Crippen molar-refractivity contribution >= 4 is 23.4 Å². The van der Waals surface area contributed by atoms with Gasteiger partial charge in [-0.15, -0.1) is 0 Å². The summed E-state index contributed by atoms with van der Waals surface area (Å²) in [5.41, 5.74) is 1.48. The van der Waals surface area contributed by atoms with Gasteiger partial charge in [-0.3, -0.25) is 15.1 Å². The largest absolute Gasteiger partial charge is 0.435 e. The van der Waals surface area contributed by atoms with Crippen molar-refractivity contribution in [3.05, 3.63) is 64.9 Å². The van der Waals surface area contributed by atoms with E-state index in [4.69, 9.17) is 21.1 Å². The molecule has 2 aromatic rings. The van der Waals surface area contributed by atoms with Crippen molar-refractivity contribution in [3.63, 3.8) is 0 Å². The van der Waals surface area contributed by atoms with Crippen LogP contribution in [0.3, 0.4) is 0 Å². The van der Waals surface area contributed by atoms with Crippen LogP contribution in [0.2, 0.25) is 5.02 Å². The fraction of sp³-hybridized carbons (Fsp3) is 0.381. The number of Topliss-reactive ketones (excluding diaryl/α,β-unsaturated/α-hetero) is 1. The van der Waals surface area contributed by atoms with E-state index >= 15 is 0 Å². The van der Waals surface area contributed by atoms with E-state index in [1.807, 2.05) is 24.3 Å². The molecule has 0 radical (unpaired) electrons. The molecule has 1 N–H and O–H groups in total. The van der Waals surface area contributed by atoms with Gasteiger partial charge in [-0.25, -0.2) is 4.79 Å². The Bertz CT molecular complexity index is 755. The number of nitrogens with one attached hydrogen (secondary N) is 1. The average Bonchev–Trinajstić information content (AvgIpc) is 2.73. The van der Waals surface area contributed by atoms with Gasteiger partial charge in [0.05, 0.1) is 5.56 Å². The van der Waals surface area contributed by atoms with Crippen molar-refractivity contribution in [2.45, 2.75) is 31.6 Å². The third-order valence-corrected chi connectivity index (χ3v) is 4.62. The van der Waals surface area contributed by atoms with Crippen molar-refractivity contribution in [1.29, 1.82) is 0 Å². The second-order valence-corrected chi connectivity index (χ2v) is 6.68. The normalized spacial score (nSPS) is 16.1. The number of halogens is 1. The van der Waals surface area contributed by atoms with E-state index in [0.29, 0.717) is 18.1 Å². The molecular weight excluding hydrogens is 380 g/mol. The number of hydrogen-bond donors (Lipinski definition) is 1. The van der Waals surface area contributed by atoms with E-state index in [1.165, 1.54) is 12.4 Å². The van der Waals surface area contributed by atoms with Gasteiger partial charge in [0.1, 0.15) is 12.5 Å². The number of aromatic nitrogens is 1. The number of rotatable bonds is 6. The highest BCUT2D eigenvalue weighted by atomic mass is 35.5. The summed E-state index contributed by atoms with van der Waals surface area (Å²) < 4.78 is 9.71. The maximum Gasteiger partial charge on any atom is 0.340 e. The molecule has 1 fully saturated rings. The van der Waals surface area contributed by atoms with Crippen LogP contribution in [0.5, 0.6) is 0 Å². The van der Waals surface area contributed by atoms with Crippen LogP contribution < -0.4 is 5.32 Å². The van der Waals surface area contributed by atoms with Crippen molar-refractivity contribution in [2.24, 2.45) is 0 Å². The molecule has 0 spiro atoms.